The van der Waals surface area contributed by atoms with Gasteiger partial charge in [-0.05, 0) is 35.7 Å². The number of rotatable bonds is 2. The molecule has 98 valence electrons. The van der Waals surface area contributed by atoms with E-state index in [1.807, 2.05) is 18.2 Å². The Kier molecular flexibility index (Phi) is 3.49. The Balaban J connectivity index is 1.75. The third kappa shape index (κ3) is 2.78. The van der Waals surface area contributed by atoms with E-state index >= 15 is 0 Å². The fourth-order valence-corrected chi connectivity index (χ4v) is 2.88. The molecule has 0 unspecified atom stereocenters. The lowest BCUT2D eigenvalue weighted by atomic mass is 9.88. The molecule has 1 N–H and O–H groups in total. The van der Waals surface area contributed by atoms with Crippen molar-refractivity contribution in [3.8, 4) is 0 Å². The smallest absolute Gasteiger partial charge is 0.227 e. The summed E-state index contributed by atoms with van der Waals surface area (Å²) in [5, 5.41) is 5.44. The number of amides is 1. The van der Waals surface area contributed by atoms with Crippen molar-refractivity contribution < 1.29 is 4.79 Å². The van der Waals surface area contributed by atoms with Gasteiger partial charge in [0.25, 0.3) is 0 Å². The van der Waals surface area contributed by atoms with Crippen LogP contribution in [0.5, 0.6) is 0 Å². The van der Waals surface area contributed by atoms with E-state index in [2.05, 4.69) is 29.6 Å². The summed E-state index contributed by atoms with van der Waals surface area (Å²) >= 11 is 0. The summed E-state index contributed by atoms with van der Waals surface area (Å²) in [6.07, 6.45) is 5.74. The predicted octanol–water partition coefficient (Wildman–Crippen LogP) is 4.36. The maximum Gasteiger partial charge on any atom is 0.227 e. The van der Waals surface area contributed by atoms with E-state index < -0.39 is 0 Å². The van der Waals surface area contributed by atoms with Gasteiger partial charge in [-0.25, -0.2) is 0 Å². The molecule has 0 aromatic heterocycles. The Labute approximate surface area is 113 Å². The van der Waals surface area contributed by atoms with Crippen LogP contribution in [0.1, 0.15) is 32.1 Å². The second-order valence-electron chi connectivity index (χ2n) is 5.39. The summed E-state index contributed by atoms with van der Waals surface area (Å²) in [6.45, 7) is 0. The summed E-state index contributed by atoms with van der Waals surface area (Å²) in [6, 6.07) is 14.3. The normalized spacial score (nSPS) is 16.4. The number of nitrogens with one attached hydrogen (secondary N) is 1. The molecule has 0 saturated heterocycles. The lowest BCUT2D eigenvalue weighted by Crippen LogP contribution is -2.24. The molecule has 0 atom stereocenters. The number of carbonyl (C=O) groups is 1. The molecule has 0 aliphatic heterocycles. The fourth-order valence-electron chi connectivity index (χ4n) is 2.88. The first-order valence-corrected chi connectivity index (χ1v) is 7.12. The molecular formula is C17H19NO. The minimum Gasteiger partial charge on any atom is -0.326 e. The molecule has 0 heterocycles. The average Bonchev–Trinajstić information content (AvgIpc) is 2.48. The third-order valence-corrected chi connectivity index (χ3v) is 3.99. The molecular weight excluding hydrogens is 234 g/mol. The minimum absolute atomic E-state index is 0.190. The van der Waals surface area contributed by atoms with Gasteiger partial charge >= 0.3 is 0 Å². The molecule has 2 aromatic rings. The molecule has 1 aliphatic carbocycles. The highest BCUT2D eigenvalue weighted by Crippen LogP contribution is 2.25. The van der Waals surface area contributed by atoms with Gasteiger partial charge in [-0.3, -0.25) is 4.79 Å². The number of benzene rings is 2. The second-order valence-corrected chi connectivity index (χ2v) is 5.39. The van der Waals surface area contributed by atoms with E-state index in [1.54, 1.807) is 0 Å². The van der Waals surface area contributed by atoms with E-state index in [0.29, 0.717) is 0 Å². The Morgan fingerprint density at radius 1 is 0.947 bits per heavy atom. The number of carbonyl (C=O) groups excluding carboxylic acids is 1. The topological polar surface area (TPSA) is 29.1 Å². The van der Waals surface area contributed by atoms with E-state index in [4.69, 9.17) is 0 Å². The summed E-state index contributed by atoms with van der Waals surface area (Å²) in [7, 11) is 0. The van der Waals surface area contributed by atoms with Crippen LogP contribution in [0.25, 0.3) is 10.8 Å². The van der Waals surface area contributed by atoms with Gasteiger partial charge in [-0.15, -0.1) is 0 Å². The molecule has 1 amide bonds. The van der Waals surface area contributed by atoms with Crippen LogP contribution < -0.4 is 5.32 Å². The Bertz CT molecular complexity index is 585. The lowest BCUT2D eigenvalue weighted by Gasteiger charge is -2.20. The SMILES string of the molecule is O=C(Nc1ccc2ccccc2c1)C1CCCCC1. The molecule has 2 aromatic carbocycles. The van der Waals surface area contributed by atoms with Crippen molar-refractivity contribution in [3.63, 3.8) is 0 Å². The number of hydrogen-bond acceptors (Lipinski definition) is 1. The Morgan fingerprint density at radius 2 is 1.68 bits per heavy atom. The maximum atomic E-state index is 12.2. The zero-order valence-electron chi connectivity index (χ0n) is 11.1. The van der Waals surface area contributed by atoms with Gasteiger partial charge in [0.2, 0.25) is 5.91 Å². The molecule has 3 rings (SSSR count). The second kappa shape index (κ2) is 5.43. The Morgan fingerprint density at radius 3 is 2.47 bits per heavy atom. The van der Waals surface area contributed by atoms with Crippen LogP contribution in [-0.4, -0.2) is 5.91 Å². The number of hydrogen-bond donors (Lipinski definition) is 1. The van der Waals surface area contributed by atoms with Gasteiger partial charge in [0, 0.05) is 11.6 Å². The van der Waals surface area contributed by atoms with Gasteiger partial charge in [-0.1, -0.05) is 49.6 Å². The van der Waals surface area contributed by atoms with Crippen molar-refractivity contribution in [2.45, 2.75) is 32.1 Å². The number of anilines is 1. The summed E-state index contributed by atoms with van der Waals surface area (Å²) in [5.41, 5.74) is 0.911. The molecule has 0 bridgehead atoms. The Hall–Kier alpha value is -1.83. The average molecular weight is 253 g/mol. The van der Waals surface area contributed by atoms with Crippen LogP contribution in [0, 0.1) is 5.92 Å². The molecule has 0 spiro atoms. The molecule has 2 nitrogen and oxygen atoms in total. The summed E-state index contributed by atoms with van der Waals surface area (Å²) in [4.78, 5) is 12.2. The van der Waals surface area contributed by atoms with E-state index in [1.165, 1.54) is 30.0 Å². The predicted molar refractivity (Wildman–Crippen MR) is 79.2 cm³/mol. The quantitative estimate of drug-likeness (QED) is 0.846. The highest BCUT2D eigenvalue weighted by Gasteiger charge is 2.20. The van der Waals surface area contributed by atoms with Crippen LogP contribution in [-0.2, 0) is 4.79 Å². The number of fused-ring (bicyclic) bond motifs is 1. The van der Waals surface area contributed by atoms with Crippen molar-refractivity contribution in [1.82, 2.24) is 0 Å². The largest absolute Gasteiger partial charge is 0.326 e. The summed E-state index contributed by atoms with van der Waals surface area (Å²) in [5.74, 6) is 0.398. The molecule has 1 fully saturated rings. The van der Waals surface area contributed by atoms with Gasteiger partial charge in [0.15, 0.2) is 0 Å². The van der Waals surface area contributed by atoms with Crippen molar-refractivity contribution >= 4 is 22.4 Å². The van der Waals surface area contributed by atoms with Crippen LogP contribution in [0.2, 0.25) is 0 Å². The van der Waals surface area contributed by atoms with Crippen LogP contribution in [0.4, 0.5) is 5.69 Å². The van der Waals surface area contributed by atoms with Crippen LogP contribution >= 0.6 is 0 Å². The molecule has 1 aliphatic rings. The van der Waals surface area contributed by atoms with Crippen LogP contribution in [0.15, 0.2) is 42.5 Å². The fraction of sp³-hybridized carbons (Fsp3) is 0.353. The monoisotopic (exact) mass is 253 g/mol. The van der Waals surface area contributed by atoms with Crippen molar-refractivity contribution in [2.24, 2.45) is 5.92 Å². The molecule has 1 saturated carbocycles. The molecule has 19 heavy (non-hydrogen) atoms. The zero-order chi connectivity index (χ0) is 13.1. The van der Waals surface area contributed by atoms with Gasteiger partial charge in [0.05, 0.1) is 0 Å². The van der Waals surface area contributed by atoms with Crippen LogP contribution in [0.3, 0.4) is 0 Å². The van der Waals surface area contributed by atoms with E-state index in [0.717, 1.165) is 18.5 Å². The minimum atomic E-state index is 0.190. The first kappa shape index (κ1) is 12.2. The highest BCUT2D eigenvalue weighted by atomic mass is 16.1. The lowest BCUT2D eigenvalue weighted by molar-refractivity contribution is -0.120. The first-order chi connectivity index (χ1) is 9.33. The van der Waals surface area contributed by atoms with E-state index in [9.17, 15) is 4.79 Å². The standard InChI is InChI=1S/C17H19NO/c19-17(14-7-2-1-3-8-14)18-16-11-10-13-6-4-5-9-15(13)12-16/h4-6,9-12,14H,1-3,7-8H2,(H,18,19). The van der Waals surface area contributed by atoms with Crippen molar-refractivity contribution in [3.05, 3.63) is 42.5 Å². The van der Waals surface area contributed by atoms with Gasteiger partial charge < -0.3 is 5.32 Å². The van der Waals surface area contributed by atoms with Gasteiger partial charge in [0.1, 0.15) is 0 Å². The van der Waals surface area contributed by atoms with Crippen molar-refractivity contribution in [1.29, 1.82) is 0 Å². The molecule has 2 heteroatoms. The highest BCUT2D eigenvalue weighted by molar-refractivity contribution is 5.95. The third-order valence-electron chi connectivity index (χ3n) is 3.99. The summed E-state index contributed by atoms with van der Waals surface area (Å²) < 4.78 is 0. The first-order valence-electron chi connectivity index (χ1n) is 7.12. The van der Waals surface area contributed by atoms with E-state index in [-0.39, 0.29) is 11.8 Å². The van der Waals surface area contributed by atoms with Crippen molar-refractivity contribution in [2.75, 3.05) is 5.32 Å². The molecule has 0 radical (unpaired) electrons. The zero-order valence-corrected chi connectivity index (χ0v) is 11.1. The maximum absolute atomic E-state index is 12.2. The van der Waals surface area contributed by atoms with Gasteiger partial charge in [-0.2, -0.15) is 0 Å².